The van der Waals surface area contributed by atoms with E-state index in [9.17, 15) is 0 Å². The fraction of sp³-hybridized carbons (Fsp3) is 0.333. The summed E-state index contributed by atoms with van der Waals surface area (Å²) in [6.45, 7) is 3.54. The molecule has 3 nitrogen and oxygen atoms in total. The van der Waals surface area contributed by atoms with Gasteiger partial charge in [0.15, 0.2) is 5.11 Å². The molecular weight excluding hydrogens is 218 g/mol. The highest BCUT2D eigenvalue weighted by Gasteiger charge is 2.04. The molecule has 0 unspecified atom stereocenters. The standard InChI is InChI=1S/C12H15N3S/c1-3-14-12(16)15(2)9-11-6-4-5-10(7-11)8-13/h4-7H,3,9H2,1-2H3,(H,14,16). The number of nitrogens with zero attached hydrogens (tertiary/aromatic N) is 2. The molecule has 0 saturated carbocycles. The second-order valence-corrected chi connectivity index (χ2v) is 3.89. The van der Waals surface area contributed by atoms with Gasteiger partial charge in [0.25, 0.3) is 0 Å². The summed E-state index contributed by atoms with van der Waals surface area (Å²) in [6.07, 6.45) is 0. The predicted molar refractivity (Wildman–Crippen MR) is 68.9 cm³/mol. The van der Waals surface area contributed by atoms with Crippen LogP contribution in [0.2, 0.25) is 0 Å². The van der Waals surface area contributed by atoms with Crippen LogP contribution in [0.3, 0.4) is 0 Å². The molecule has 0 radical (unpaired) electrons. The van der Waals surface area contributed by atoms with E-state index in [1.807, 2.05) is 37.1 Å². The van der Waals surface area contributed by atoms with Crippen LogP contribution in [0, 0.1) is 11.3 Å². The molecule has 0 aliphatic rings. The third kappa shape index (κ3) is 3.52. The molecule has 0 aliphatic carbocycles. The van der Waals surface area contributed by atoms with Crippen molar-refractivity contribution >= 4 is 17.3 Å². The van der Waals surface area contributed by atoms with Crippen molar-refractivity contribution in [3.8, 4) is 6.07 Å². The Hall–Kier alpha value is -1.60. The van der Waals surface area contributed by atoms with Crippen molar-refractivity contribution in [2.45, 2.75) is 13.5 Å². The molecule has 0 amide bonds. The van der Waals surface area contributed by atoms with Crippen molar-refractivity contribution in [2.75, 3.05) is 13.6 Å². The molecule has 0 heterocycles. The topological polar surface area (TPSA) is 39.1 Å². The first-order valence-electron chi connectivity index (χ1n) is 5.15. The molecule has 0 aromatic heterocycles. The van der Waals surface area contributed by atoms with Crippen molar-refractivity contribution < 1.29 is 0 Å². The van der Waals surface area contributed by atoms with Crippen LogP contribution in [-0.4, -0.2) is 23.6 Å². The van der Waals surface area contributed by atoms with E-state index < -0.39 is 0 Å². The van der Waals surface area contributed by atoms with Gasteiger partial charge in [0, 0.05) is 20.1 Å². The van der Waals surface area contributed by atoms with Gasteiger partial charge in [0.1, 0.15) is 0 Å². The first kappa shape index (κ1) is 12.5. The number of nitrogens with one attached hydrogen (secondary N) is 1. The largest absolute Gasteiger partial charge is 0.363 e. The van der Waals surface area contributed by atoms with E-state index in [-0.39, 0.29) is 0 Å². The molecule has 0 aliphatic heterocycles. The second-order valence-electron chi connectivity index (χ2n) is 3.50. The minimum atomic E-state index is 0.681. The van der Waals surface area contributed by atoms with Gasteiger partial charge in [0.2, 0.25) is 0 Å². The van der Waals surface area contributed by atoms with Crippen molar-refractivity contribution in [3.05, 3.63) is 35.4 Å². The van der Waals surface area contributed by atoms with Crippen LogP contribution in [0.25, 0.3) is 0 Å². The Labute approximate surface area is 102 Å². The highest BCUT2D eigenvalue weighted by Crippen LogP contribution is 2.06. The lowest BCUT2D eigenvalue weighted by Crippen LogP contribution is -2.36. The van der Waals surface area contributed by atoms with Gasteiger partial charge < -0.3 is 10.2 Å². The molecule has 84 valence electrons. The summed E-state index contributed by atoms with van der Waals surface area (Å²) in [5.74, 6) is 0. The molecule has 4 heteroatoms. The summed E-state index contributed by atoms with van der Waals surface area (Å²) in [7, 11) is 1.93. The van der Waals surface area contributed by atoms with Gasteiger partial charge in [-0.15, -0.1) is 0 Å². The molecule has 1 N–H and O–H groups in total. The molecule has 0 spiro atoms. The Bertz CT molecular complexity index is 409. The summed E-state index contributed by atoms with van der Waals surface area (Å²) in [5, 5.41) is 12.6. The Kier molecular flexibility index (Phi) is 4.74. The zero-order valence-electron chi connectivity index (χ0n) is 9.53. The van der Waals surface area contributed by atoms with E-state index in [4.69, 9.17) is 17.5 Å². The van der Waals surface area contributed by atoms with Crippen molar-refractivity contribution in [2.24, 2.45) is 0 Å². The zero-order chi connectivity index (χ0) is 12.0. The Morgan fingerprint density at radius 2 is 2.31 bits per heavy atom. The average Bonchev–Trinajstić information content (AvgIpc) is 2.29. The van der Waals surface area contributed by atoms with Crippen LogP contribution in [0.1, 0.15) is 18.1 Å². The highest BCUT2D eigenvalue weighted by molar-refractivity contribution is 7.80. The number of nitriles is 1. The lowest BCUT2D eigenvalue weighted by molar-refractivity contribution is 0.491. The van der Waals surface area contributed by atoms with Crippen LogP contribution in [-0.2, 0) is 6.54 Å². The van der Waals surface area contributed by atoms with Crippen LogP contribution >= 0.6 is 12.2 Å². The number of hydrogen-bond acceptors (Lipinski definition) is 2. The fourth-order valence-electron chi connectivity index (χ4n) is 1.37. The Balaban J connectivity index is 2.66. The molecule has 1 rings (SSSR count). The number of rotatable bonds is 3. The van der Waals surface area contributed by atoms with E-state index in [2.05, 4.69) is 11.4 Å². The van der Waals surface area contributed by atoms with Gasteiger partial charge in [-0.05, 0) is 36.8 Å². The van der Waals surface area contributed by atoms with Gasteiger partial charge in [-0.2, -0.15) is 5.26 Å². The minimum absolute atomic E-state index is 0.681. The average molecular weight is 233 g/mol. The lowest BCUT2D eigenvalue weighted by Gasteiger charge is -2.20. The monoisotopic (exact) mass is 233 g/mol. The van der Waals surface area contributed by atoms with E-state index in [1.165, 1.54) is 0 Å². The second kappa shape index (κ2) is 6.09. The van der Waals surface area contributed by atoms with Gasteiger partial charge in [-0.25, -0.2) is 0 Å². The van der Waals surface area contributed by atoms with Crippen LogP contribution in [0.5, 0.6) is 0 Å². The van der Waals surface area contributed by atoms with Gasteiger partial charge in [0.05, 0.1) is 11.6 Å². The quantitative estimate of drug-likeness (QED) is 0.809. The molecule has 1 aromatic carbocycles. The van der Waals surface area contributed by atoms with E-state index in [0.29, 0.717) is 12.1 Å². The Morgan fingerprint density at radius 1 is 1.56 bits per heavy atom. The summed E-state index contributed by atoms with van der Waals surface area (Å²) >= 11 is 5.19. The fourth-order valence-corrected chi connectivity index (χ4v) is 1.58. The van der Waals surface area contributed by atoms with E-state index in [1.54, 1.807) is 6.07 Å². The van der Waals surface area contributed by atoms with Crippen molar-refractivity contribution in [3.63, 3.8) is 0 Å². The summed E-state index contributed by atoms with van der Waals surface area (Å²) in [4.78, 5) is 1.95. The van der Waals surface area contributed by atoms with Gasteiger partial charge in [-0.3, -0.25) is 0 Å². The molecule has 0 bridgehead atoms. The number of hydrogen-bond donors (Lipinski definition) is 1. The van der Waals surface area contributed by atoms with E-state index in [0.717, 1.165) is 17.2 Å². The number of thiocarbonyl (C=S) groups is 1. The van der Waals surface area contributed by atoms with Crippen LogP contribution in [0.4, 0.5) is 0 Å². The smallest absolute Gasteiger partial charge is 0.168 e. The normalized spacial score (nSPS) is 9.31. The maximum atomic E-state index is 8.79. The van der Waals surface area contributed by atoms with Crippen LogP contribution in [0.15, 0.2) is 24.3 Å². The molecule has 16 heavy (non-hydrogen) atoms. The highest BCUT2D eigenvalue weighted by atomic mass is 32.1. The summed E-state index contributed by atoms with van der Waals surface area (Å²) < 4.78 is 0. The molecule has 1 aromatic rings. The maximum absolute atomic E-state index is 8.79. The first-order valence-corrected chi connectivity index (χ1v) is 5.56. The Morgan fingerprint density at radius 3 is 2.94 bits per heavy atom. The molecular formula is C12H15N3S. The molecule has 0 saturated heterocycles. The predicted octanol–water partition coefficient (Wildman–Crippen LogP) is 1.88. The van der Waals surface area contributed by atoms with Gasteiger partial charge >= 0.3 is 0 Å². The summed E-state index contributed by atoms with van der Waals surface area (Å²) in [5.41, 5.74) is 1.77. The summed E-state index contributed by atoms with van der Waals surface area (Å²) in [6, 6.07) is 9.68. The first-order chi connectivity index (χ1) is 7.67. The maximum Gasteiger partial charge on any atom is 0.168 e. The van der Waals surface area contributed by atoms with Crippen molar-refractivity contribution in [1.82, 2.24) is 10.2 Å². The SMILES string of the molecule is CCNC(=S)N(C)Cc1cccc(C#N)c1. The van der Waals surface area contributed by atoms with Crippen LogP contribution < -0.4 is 5.32 Å². The minimum Gasteiger partial charge on any atom is -0.363 e. The molecule has 0 atom stereocenters. The molecule has 0 fully saturated rings. The van der Waals surface area contributed by atoms with E-state index >= 15 is 0 Å². The third-order valence-corrected chi connectivity index (χ3v) is 2.61. The van der Waals surface area contributed by atoms with Gasteiger partial charge in [-0.1, -0.05) is 12.1 Å². The number of benzene rings is 1. The van der Waals surface area contributed by atoms with Crippen molar-refractivity contribution in [1.29, 1.82) is 5.26 Å². The lowest BCUT2D eigenvalue weighted by atomic mass is 10.1. The zero-order valence-corrected chi connectivity index (χ0v) is 10.3. The third-order valence-electron chi connectivity index (χ3n) is 2.15.